The number of unbranched alkanes of at least 4 members (excludes halogenated alkanes) is 2. The predicted molar refractivity (Wildman–Crippen MR) is 63.7 cm³/mol. The number of rotatable bonds is 9. The average Bonchev–Trinajstić information content (AvgIpc) is 2.75. The maximum atomic E-state index is 10.3. The van der Waals surface area contributed by atoms with E-state index in [0.717, 1.165) is 38.0 Å². The zero-order valence-corrected chi connectivity index (χ0v) is 10.2. The Kier molecular flexibility index (Phi) is 6.32. The Balaban J connectivity index is 1.98. The molecule has 0 aliphatic carbocycles. The number of oxazole rings is 1. The molecule has 0 spiro atoms. The van der Waals surface area contributed by atoms with Gasteiger partial charge in [0.1, 0.15) is 5.76 Å². The van der Waals surface area contributed by atoms with Gasteiger partial charge < -0.3 is 14.8 Å². The van der Waals surface area contributed by atoms with E-state index in [9.17, 15) is 4.79 Å². The average molecular weight is 240 g/mol. The normalized spacial score (nSPS) is 10.6. The number of hydrogen-bond donors (Lipinski definition) is 2. The Bertz CT molecular complexity index is 336. The first-order valence-electron chi connectivity index (χ1n) is 6.08. The number of nitrogens with one attached hydrogen (secondary N) is 1. The minimum atomic E-state index is -0.718. The first-order valence-corrected chi connectivity index (χ1v) is 6.08. The van der Waals surface area contributed by atoms with E-state index in [4.69, 9.17) is 9.52 Å². The van der Waals surface area contributed by atoms with Crippen molar-refractivity contribution in [2.45, 2.75) is 45.6 Å². The van der Waals surface area contributed by atoms with Gasteiger partial charge in [-0.25, -0.2) is 4.98 Å². The lowest BCUT2D eigenvalue weighted by Crippen LogP contribution is -2.14. The second-order valence-electron chi connectivity index (χ2n) is 3.96. The van der Waals surface area contributed by atoms with Gasteiger partial charge in [0.25, 0.3) is 0 Å². The summed E-state index contributed by atoms with van der Waals surface area (Å²) in [4.78, 5) is 14.4. The van der Waals surface area contributed by atoms with E-state index in [1.807, 2.05) is 6.92 Å². The molecular formula is C12H20N2O3. The van der Waals surface area contributed by atoms with Crippen molar-refractivity contribution in [1.29, 1.82) is 0 Å². The second-order valence-corrected chi connectivity index (χ2v) is 3.96. The SMILES string of the molecule is CCc1cnc(CNCCCCCC(=O)O)o1. The Morgan fingerprint density at radius 3 is 2.94 bits per heavy atom. The molecular weight excluding hydrogens is 220 g/mol. The van der Waals surface area contributed by atoms with E-state index in [0.29, 0.717) is 12.4 Å². The molecule has 0 saturated heterocycles. The van der Waals surface area contributed by atoms with Crippen LogP contribution in [0.5, 0.6) is 0 Å². The van der Waals surface area contributed by atoms with Gasteiger partial charge in [-0.05, 0) is 19.4 Å². The summed E-state index contributed by atoms with van der Waals surface area (Å²) in [5, 5.41) is 11.7. The molecule has 0 aromatic carbocycles. The third-order valence-corrected chi connectivity index (χ3v) is 2.47. The van der Waals surface area contributed by atoms with E-state index < -0.39 is 5.97 Å². The fourth-order valence-corrected chi connectivity index (χ4v) is 1.49. The second kappa shape index (κ2) is 7.84. The first-order chi connectivity index (χ1) is 8.22. The van der Waals surface area contributed by atoms with Crippen LogP contribution in [0, 0.1) is 0 Å². The summed E-state index contributed by atoms with van der Waals surface area (Å²) in [6.07, 6.45) is 5.54. The van der Waals surface area contributed by atoms with Crippen LogP contribution in [0.2, 0.25) is 0 Å². The summed E-state index contributed by atoms with van der Waals surface area (Å²) in [6, 6.07) is 0. The molecule has 2 N–H and O–H groups in total. The molecule has 0 atom stereocenters. The van der Waals surface area contributed by atoms with Gasteiger partial charge in [-0.15, -0.1) is 0 Å². The fraction of sp³-hybridized carbons (Fsp3) is 0.667. The molecule has 0 aliphatic rings. The molecule has 0 fully saturated rings. The van der Waals surface area contributed by atoms with Crippen molar-refractivity contribution < 1.29 is 14.3 Å². The molecule has 0 saturated carbocycles. The number of carbonyl (C=O) groups is 1. The predicted octanol–water partition coefficient (Wildman–Crippen LogP) is 1.97. The standard InChI is InChI=1S/C12H20N2O3/c1-2-10-8-14-11(17-10)9-13-7-5-3-4-6-12(15)16/h8,13H,2-7,9H2,1H3,(H,15,16). The highest BCUT2D eigenvalue weighted by Gasteiger charge is 2.01. The van der Waals surface area contributed by atoms with Gasteiger partial charge in [-0.1, -0.05) is 13.3 Å². The van der Waals surface area contributed by atoms with Gasteiger partial charge in [0, 0.05) is 12.8 Å². The van der Waals surface area contributed by atoms with E-state index in [1.54, 1.807) is 6.20 Å². The lowest BCUT2D eigenvalue weighted by molar-refractivity contribution is -0.137. The Morgan fingerprint density at radius 2 is 2.29 bits per heavy atom. The van der Waals surface area contributed by atoms with Crippen LogP contribution < -0.4 is 5.32 Å². The van der Waals surface area contributed by atoms with E-state index in [-0.39, 0.29) is 6.42 Å². The Labute approximate surface area is 101 Å². The molecule has 1 heterocycles. The minimum Gasteiger partial charge on any atom is -0.481 e. The molecule has 0 bridgehead atoms. The summed E-state index contributed by atoms with van der Waals surface area (Å²) in [6.45, 7) is 3.53. The maximum Gasteiger partial charge on any atom is 0.303 e. The lowest BCUT2D eigenvalue weighted by atomic mass is 10.2. The highest BCUT2D eigenvalue weighted by Crippen LogP contribution is 2.04. The Morgan fingerprint density at radius 1 is 1.47 bits per heavy atom. The van der Waals surface area contributed by atoms with Crippen LogP contribution in [0.1, 0.15) is 44.3 Å². The molecule has 0 amide bonds. The molecule has 1 aromatic heterocycles. The van der Waals surface area contributed by atoms with Crippen molar-refractivity contribution in [1.82, 2.24) is 10.3 Å². The molecule has 5 heteroatoms. The highest BCUT2D eigenvalue weighted by molar-refractivity contribution is 5.66. The summed E-state index contributed by atoms with van der Waals surface area (Å²) in [5.41, 5.74) is 0. The van der Waals surface area contributed by atoms with E-state index in [1.165, 1.54) is 0 Å². The monoisotopic (exact) mass is 240 g/mol. The molecule has 0 aliphatic heterocycles. The van der Waals surface area contributed by atoms with Gasteiger partial charge in [-0.3, -0.25) is 4.79 Å². The molecule has 5 nitrogen and oxygen atoms in total. The third kappa shape index (κ3) is 6.06. The molecule has 17 heavy (non-hydrogen) atoms. The molecule has 1 aromatic rings. The molecule has 1 rings (SSSR count). The minimum absolute atomic E-state index is 0.263. The zero-order valence-electron chi connectivity index (χ0n) is 10.2. The molecule has 0 radical (unpaired) electrons. The van der Waals surface area contributed by atoms with Crippen LogP contribution in [0.25, 0.3) is 0 Å². The number of nitrogens with zero attached hydrogens (tertiary/aromatic N) is 1. The van der Waals surface area contributed by atoms with Crippen molar-refractivity contribution in [2.75, 3.05) is 6.54 Å². The zero-order chi connectivity index (χ0) is 12.5. The summed E-state index contributed by atoms with van der Waals surface area (Å²) < 4.78 is 5.44. The van der Waals surface area contributed by atoms with Crippen molar-refractivity contribution in [3.8, 4) is 0 Å². The first kappa shape index (κ1) is 13.7. The van der Waals surface area contributed by atoms with Crippen molar-refractivity contribution in [3.05, 3.63) is 17.8 Å². The van der Waals surface area contributed by atoms with Crippen molar-refractivity contribution in [2.24, 2.45) is 0 Å². The number of aromatic nitrogens is 1. The van der Waals surface area contributed by atoms with Crippen LogP contribution in [-0.2, 0) is 17.8 Å². The summed E-state index contributed by atoms with van der Waals surface area (Å²) in [7, 11) is 0. The highest BCUT2D eigenvalue weighted by atomic mass is 16.4. The molecule has 0 unspecified atom stereocenters. The van der Waals surface area contributed by atoms with Gasteiger partial charge in [-0.2, -0.15) is 0 Å². The van der Waals surface area contributed by atoms with E-state index in [2.05, 4.69) is 10.3 Å². The van der Waals surface area contributed by atoms with Crippen molar-refractivity contribution in [3.63, 3.8) is 0 Å². The van der Waals surface area contributed by atoms with E-state index >= 15 is 0 Å². The number of carboxylic acid groups (broad SMARTS) is 1. The fourth-order valence-electron chi connectivity index (χ4n) is 1.49. The summed E-state index contributed by atoms with van der Waals surface area (Å²) in [5.74, 6) is 0.903. The quantitative estimate of drug-likeness (QED) is 0.645. The van der Waals surface area contributed by atoms with Crippen molar-refractivity contribution >= 4 is 5.97 Å². The lowest BCUT2D eigenvalue weighted by Gasteiger charge is -2.01. The number of hydrogen-bond acceptors (Lipinski definition) is 4. The van der Waals surface area contributed by atoms with Crippen LogP contribution in [0.3, 0.4) is 0 Å². The smallest absolute Gasteiger partial charge is 0.303 e. The van der Waals surface area contributed by atoms with Crippen LogP contribution in [0.15, 0.2) is 10.6 Å². The number of aliphatic carboxylic acids is 1. The van der Waals surface area contributed by atoms with Gasteiger partial charge in [0.15, 0.2) is 0 Å². The largest absolute Gasteiger partial charge is 0.481 e. The number of aryl methyl sites for hydroxylation is 1. The third-order valence-electron chi connectivity index (χ3n) is 2.47. The Hall–Kier alpha value is -1.36. The van der Waals surface area contributed by atoms with Gasteiger partial charge >= 0.3 is 5.97 Å². The number of carboxylic acids is 1. The van der Waals surface area contributed by atoms with Crippen LogP contribution >= 0.6 is 0 Å². The summed E-state index contributed by atoms with van der Waals surface area (Å²) >= 11 is 0. The maximum absolute atomic E-state index is 10.3. The van der Waals surface area contributed by atoms with Crippen LogP contribution in [0.4, 0.5) is 0 Å². The van der Waals surface area contributed by atoms with Crippen LogP contribution in [-0.4, -0.2) is 22.6 Å². The van der Waals surface area contributed by atoms with Gasteiger partial charge in [0.05, 0.1) is 12.7 Å². The molecule has 96 valence electrons. The topological polar surface area (TPSA) is 75.4 Å². The van der Waals surface area contributed by atoms with Gasteiger partial charge in [0.2, 0.25) is 5.89 Å².